The molecule has 0 fully saturated rings. The van der Waals surface area contributed by atoms with E-state index in [0.29, 0.717) is 31.6 Å². The Labute approximate surface area is 124 Å². The van der Waals surface area contributed by atoms with Gasteiger partial charge in [0.05, 0.1) is 6.61 Å². The highest BCUT2D eigenvalue weighted by Crippen LogP contribution is 2.11. The summed E-state index contributed by atoms with van der Waals surface area (Å²) in [6.45, 7) is 2.65. The molecule has 0 aliphatic carbocycles. The number of esters is 1. The molecule has 1 N–H and O–H groups in total. The minimum Gasteiger partial charge on any atom is -0.466 e. The third-order valence-corrected chi connectivity index (χ3v) is 3.27. The lowest BCUT2D eigenvalue weighted by Crippen LogP contribution is -2.25. The van der Waals surface area contributed by atoms with Crippen LogP contribution in [0.3, 0.4) is 0 Å². The lowest BCUT2D eigenvalue weighted by atomic mass is 10.1. The fourth-order valence-corrected chi connectivity index (χ4v) is 2.25. The van der Waals surface area contributed by atoms with E-state index >= 15 is 0 Å². The van der Waals surface area contributed by atoms with Gasteiger partial charge >= 0.3 is 5.97 Å². The lowest BCUT2D eigenvalue weighted by Gasteiger charge is -2.06. The number of rotatable bonds is 8. The fraction of sp³-hybridized carbons (Fsp3) is 0.467. The molecule has 110 valence electrons. The first kappa shape index (κ1) is 16.6. The first-order valence-electron chi connectivity index (χ1n) is 6.69. The van der Waals surface area contributed by atoms with E-state index in [4.69, 9.17) is 4.74 Å². The zero-order valence-electron chi connectivity index (χ0n) is 12.0. The van der Waals surface area contributed by atoms with Gasteiger partial charge < -0.3 is 10.1 Å². The summed E-state index contributed by atoms with van der Waals surface area (Å²) in [5.41, 5.74) is 1.80. The second kappa shape index (κ2) is 9.42. The van der Waals surface area contributed by atoms with Crippen molar-refractivity contribution in [1.29, 1.82) is 0 Å². The number of thioether (sulfide) groups is 1. The Morgan fingerprint density at radius 2 is 2.15 bits per heavy atom. The van der Waals surface area contributed by atoms with Gasteiger partial charge in [-0.3, -0.25) is 9.59 Å². The predicted octanol–water partition coefficient (Wildman–Crippen LogP) is 2.62. The molecule has 0 aliphatic heterocycles. The van der Waals surface area contributed by atoms with Crippen molar-refractivity contribution in [3.63, 3.8) is 0 Å². The number of ether oxygens (including phenoxy) is 1. The van der Waals surface area contributed by atoms with Gasteiger partial charge in [0.15, 0.2) is 0 Å². The molecular weight excluding hydrogens is 274 g/mol. The topological polar surface area (TPSA) is 55.4 Å². The van der Waals surface area contributed by atoms with Gasteiger partial charge in [0.25, 0.3) is 5.91 Å². The van der Waals surface area contributed by atoms with Gasteiger partial charge in [0.2, 0.25) is 0 Å². The summed E-state index contributed by atoms with van der Waals surface area (Å²) in [5, 5.41) is 2.81. The highest BCUT2D eigenvalue weighted by molar-refractivity contribution is 7.97. The van der Waals surface area contributed by atoms with Crippen LogP contribution in [0.4, 0.5) is 0 Å². The van der Waals surface area contributed by atoms with Crippen molar-refractivity contribution in [2.45, 2.75) is 25.5 Å². The van der Waals surface area contributed by atoms with Crippen LogP contribution in [0, 0.1) is 0 Å². The van der Waals surface area contributed by atoms with Crippen LogP contribution in [0.25, 0.3) is 0 Å². The van der Waals surface area contributed by atoms with Crippen LogP contribution >= 0.6 is 11.8 Å². The Morgan fingerprint density at radius 3 is 2.85 bits per heavy atom. The molecule has 1 amide bonds. The van der Waals surface area contributed by atoms with Crippen molar-refractivity contribution in [2.24, 2.45) is 0 Å². The van der Waals surface area contributed by atoms with Crippen molar-refractivity contribution in [2.75, 3.05) is 19.4 Å². The average Bonchev–Trinajstić information content (AvgIpc) is 2.44. The molecule has 1 rings (SSSR count). The van der Waals surface area contributed by atoms with Gasteiger partial charge in [-0.2, -0.15) is 11.8 Å². The molecule has 0 spiro atoms. The molecule has 0 saturated carbocycles. The Hall–Kier alpha value is -1.49. The number of nitrogens with one attached hydrogen (secondary N) is 1. The second-order valence-electron chi connectivity index (χ2n) is 4.30. The van der Waals surface area contributed by atoms with E-state index in [1.165, 1.54) is 0 Å². The third-order valence-electron chi connectivity index (χ3n) is 2.65. The van der Waals surface area contributed by atoms with Crippen LogP contribution in [-0.4, -0.2) is 31.3 Å². The Morgan fingerprint density at radius 1 is 1.35 bits per heavy atom. The van der Waals surface area contributed by atoms with Crippen molar-refractivity contribution in [1.82, 2.24) is 5.32 Å². The maximum Gasteiger partial charge on any atom is 0.305 e. The van der Waals surface area contributed by atoms with Crippen LogP contribution in [0.15, 0.2) is 24.3 Å². The molecule has 20 heavy (non-hydrogen) atoms. The Bertz CT molecular complexity index is 448. The second-order valence-corrected chi connectivity index (χ2v) is 5.16. The number of benzene rings is 1. The maximum atomic E-state index is 11.9. The Balaban J connectivity index is 2.35. The highest BCUT2D eigenvalue weighted by Gasteiger charge is 2.06. The van der Waals surface area contributed by atoms with Crippen LogP contribution in [0.5, 0.6) is 0 Å². The summed E-state index contributed by atoms with van der Waals surface area (Å²) in [6, 6.07) is 7.59. The summed E-state index contributed by atoms with van der Waals surface area (Å²) in [6.07, 6.45) is 2.96. The van der Waals surface area contributed by atoms with E-state index < -0.39 is 0 Å². The number of amides is 1. The summed E-state index contributed by atoms with van der Waals surface area (Å²) in [7, 11) is 0. The highest BCUT2D eigenvalue weighted by atomic mass is 32.2. The minimum absolute atomic E-state index is 0.100. The third kappa shape index (κ3) is 6.10. The standard InChI is InChI=1S/C15H21NO3S/c1-3-19-14(17)8-5-9-16-15(18)13-7-4-6-12(10-13)11-20-2/h4,6-7,10H,3,5,8-9,11H2,1-2H3,(H,16,18). The molecular formula is C15H21NO3S. The van der Waals surface area contributed by atoms with E-state index in [1.807, 2.05) is 24.5 Å². The lowest BCUT2D eigenvalue weighted by molar-refractivity contribution is -0.143. The molecule has 0 aliphatic rings. The van der Waals surface area contributed by atoms with Crippen molar-refractivity contribution >= 4 is 23.6 Å². The predicted molar refractivity (Wildman–Crippen MR) is 81.9 cm³/mol. The minimum atomic E-state index is -0.219. The van der Waals surface area contributed by atoms with Gasteiger partial charge in [0, 0.05) is 24.3 Å². The maximum absolute atomic E-state index is 11.9. The molecule has 0 atom stereocenters. The van der Waals surface area contributed by atoms with Crippen LogP contribution in [0.1, 0.15) is 35.7 Å². The molecule has 0 unspecified atom stereocenters. The quantitative estimate of drug-likeness (QED) is 0.591. The van der Waals surface area contributed by atoms with Gasteiger partial charge in [-0.05, 0) is 37.3 Å². The smallest absolute Gasteiger partial charge is 0.305 e. The molecule has 5 heteroatoms. The number of carbonyl (C=O) groups is 2. The molecule has 0 bridgehead atoms. The summed E-state index contributed by atoms with van der Waals surface area (Å²) >= 11 is 1.72. The Kier molecular flexibility index (Phi) is 7.80. The van der Waals surface area contributed by atoms with Gasteiger partial charge in [-0.15, -0.1) is 0 Å². The molecule has 0 heterocycles. The zero-order valence-corrected chi connectivity index (χ0v) is 12.8. The molecule has 0 saturated heterocycles. The molecule has 0 aromatic heterocycles. The molecule has 4 nitrogen and oxygen atoms in total. The van der Waals surface area contributed by atoms with E-state index in [-0.39, 0.29) is 11.9 Å². The molecule has 1 aromatic rings. The van der Waals surface area contributed by atoms with Crippen molar-refractivity contribution in [3.05, 3.63) is 35.4 Å². The summed E-state index contributed by atoms with van der Waals surface area (Å²) in [5.74, 6) is 0.574. The molecule has 0 radical (unpaired) electrons. The first-order chi connectivity index (χ1) is 9.67. The summed E-state index contributed by atoms with van der Waals surface area (Å²) < 4.78 is 4.82. The fourth-order valence-electron chi connectivity index (χ4n) is 1.74. The number of hydrogen-bond donors (Lipinski definition) is 1. The van der Waals surface area contributed by atoms with Crippen LogP contribution in [-0.2, 0) is 15.3 Å². The van der Waals surface area contributed by atoms with Gasteiger partial charge in [0.1, 0.15) is 0 Å². The van der Waals surface area contributed by atoms with Gasteiger partial charge in [-0.25, -0.2) is 0 Å². The average molecular weight is 295 g/mol. The van der Waals surface area contributed by atoms with E-state index in [9.17, 15) is 9.59 Å². The summed E-state index contributed by atoms with van der Waals surface area (Å²) in [4.78, 5) is 23.1. The normalized spacial score (nSPS) is 10.1. The number of carbonyl (C=O) groups excluding carboxylic acids is 2. The van der Waals surface area contributed by atoms with Crippen LogP contribution in [0.2, 0.25) is 0 Å². The van der Waals surface area contributed by atoms with Crippen LogP contribution < -0.4 is 5.32 Å². The van der Waals surface area contributed by atoms with Gasteiger partial charge in [-0.1, -0.05) is 12.1 Å². The number of hydrogen-bond acceptors (Lipinski definition) is 4. The van der Waals surface area contributed by atoms with Crippen molar-refractivity contribution in [3.8, 4) is 0 Å². The first-order valence-corrected chi connectivity index (χ1v) is 8.08. The van der Waals surface area contributed by atoms with E-state index in [2.05, 4.69) is 5.32 Å². The van der Waals surface area contributed by atoms with Crippen molar-refractivity contribution < 1.29 is 14.3 Å². The van der Waals surface area contributed by atoms with E-state index in [0.717, 1.165) is 11.3 Å². The monoisotopic (exact) mass is 295 g/mol. The molecule has 1 aromatic carbocycles. The largest absolute Gasteiger partial charge is 0.466 e. The van der Waals surface area contributed by atoms with E-state index in [1.54, 1.807) is 24.8 Å². The SMILES string of the molecule is CCOC(=O)CCCNC(=O)c1cccc(CSC)c1. The zero-order chi connectivity index (χ0) is 14.8.